The van der Waals surface area contributed by atoms with Gasteiger partial charge >= 0.3 is 0 Å². The number of fused-ring (bicyclic) bond motifs is 6. The largest absolute Gasteiger partial charge is 0.379 e. The number of Topliss-reactive ketones (excluding diaryl/α,β-unsaturated/α-hetero) is 1. The third kappa shape index (κ3) is 2.82. The lowest BCUT2D eigenvalue weighted by molar-refractivity contribution is -0.180. The lowest BCUT2D eigenvalue weighted by Crippen LogP contribution is -2.63. The molecule has 1 amide bonds. The Labute approximate surface area is 204 Å². The van der Waals surface area contributed by atoms with E-state index < -0.39 is 16.4 Å². The molecule has 2 heterocycles. The van der Waals surface area contributed by atoms with Gasteiger partial charge in [-0.25, -0.2) is 0 Å². The zero-order valence-electron chi connectivity index (χ0n) is 19.6. The Morgan fingerprint density at radius 3 is 2.58 bits per heavy atom. The first-order valence-corrected chi connectivity index (χ1v) is 14.4. The average Bonchev–Trinajstić information content (AvgIpc) is 3.41. The van der Waals surface area contributed by atoms with E-state index in [4.69, 9.17) is 0 Å². The molecule has 7 heteroatoms. The van der Waals surface area contributed by atoms with Crippen LogP contribution in [-0.2, 0) is 14.4 Å². The summed E-state index contributed by atoms with van der Waals surface area (Å²) < 4.78 is 0. The van der Waals surface area contributed by atoms with Crippen LogP contribution in [0.15, 0.2) is 23.8 Å². The molecule has 5 nitrogen and oxygen atoms in total. The van der Waals surface area contributed by atoms with Gasteiger partial charge in [-0.3, -0.25) is 14.4 Å². The Balaban J connectivity index is 1.34. The highest BCUT2D eigenvalue weighted by Gasteiger charge is 2.71. The van der Waals surface area contributed by atoms with Crippen LogP contribution in [0.2, 0.25) is 0 Å². The predicted octanol–water partition coefficient (Wildman–Crippen LogP) is 3.47. The van der Waals surface area contributed by atoms with Crippen molar-refractivity contribution in [2.24, 2.45) is 34.5 Å². The van der Waals surface area contributed by atoms with E-state index in [0.29, 0.717) is 23.6 Å². The van der Waals surface area contributed by atoms with E-state index in [1.807, 2.05) is 48.3 Å². The number of ketones is 2. The summed E-state index contributed by atoms with van der Waals surface area (Å²) in [7, 11) is 0. The number of thioether (sulfide) groups is 2. The van der Waals surface area contributed by atoms with E-state index in [1.165, 1.54) is 0 Å². The van der Waals surface area contributed by atoms with E-state index in [2.05, 4.69) is 6.92 Å². The molecule has 0 spiro atoms. The van der Waals surface area contributed by atoms with Gasteiger partial charge in [0.1, 0.15) is 5.78 Å². The lowest BCUT2D eigenvalue weighted by atomic mass is 9.46. The molecule has 5 fully saturated rings. The molecule has 3 saturated carbocycles. The van der Waals surface area contributed by atoms with Crippen LogP contribution in [0.3, 0.4) is 0 Å². The van der Waals surface area contributed by atoms with Gasteiger partial charge in [-0.1, -0.05) is 32.4 Å². The second-order valence-electron chi connectivity index (χ2n) is 11.7. The molecule has 33 heavy (non-hydrogen) atoms. The number of likely N-dealkylation sites (tertiary alicyclic amines) is 1. The fourth-order valence-electron chi connectivity index (χ4n) is 8.51. The molecule has 0 bridgehead atoms. The summed E-state index contributed by atoms with van der Waals surface area (Å²) in [5.74, 6) is -0.0913. The second kappa shape index (κ2) is 7.23. The van der Waals surface area contributed by atoms with Crippen LogP contribution in [0.4, 0.5) is 0 Å². The molecule has 178 valence electrons. The number of carbonyl (C=O) groups excluding carboxylic acids is 3. The fraction of sp³-hybridized carbons (Fsp3) is 0.731. The molecule has 6 rings (SSSR count). The maximum atomic E-state index is 14.0. The number of nitrogens with zero attached hydrogens (tertiary/aromatic N) is 1. The van der Waals surface area contributed by atoms with Crippen LogP contribution in [0, 0.1) is 34.5 Å². The zero-order valence-corrected chi connectivity index (χ0v) is 21.2. The first-order chi connectivity index (χ1) is 15.6. The van der Waals surface area contributed by atoms with Crippen molar-refractivity contribution < 1.29 is 19.5 Å². The minimum Gasteiger partial charge on any atom is -0.379 e. The van der Waals surface area contributed by atoms with Crippen molar-refractivity contribution in [1.29, 1.82) is 0 Å². The third-order valence-corrected chi connectivity index (χ3v) is 13.3. The van der Waals surface area contributed by atoms with Gasteiger partial charge in [0.15, 0.2) is 11.4 Å². The van der Waals surface area contributed by atoms with Gasteiger partial charge in [-0.05, 0) is 49.2 Å². The highest BCUT2D eigenvalue weighted by atomic mass is 32.2. The molecular formula is C26H33NO4S2. The van der Waals surface area contributed by atoms with Crippen molar-refractivity contribution in [3.8, 4) is 0 Å². The standard InChI is InChI=1S/C26H33NO4S2/c1-14-8-18-17-5-4-15-9-16(28)6-7-24(15,2)22(17)19(29)10-25(18,3)26(14,31)23(30)27-11-20-21(12-27)33-13-32-20/h6-7,9,14,17-18,20-22,31H,4-5,8,10-13H2,1-3H3/t14-,17+,18+,20-,21?,22-,24+,25+,26+/m1/s1. The fourth-order valence-corrected chi connectivity index (χ4v) is 11.9. The van der Waals surface area contributed by atoms with Gasteiger partial charge in [0, 0.05) is 51.8 Å². The molecule has 6 aliphatic rings. The smallest absolute Gasteiger partial charge is 0.255 e. The van der Waals surface area contributed by atoms with Gasteiger partial charge in [-0.15, -0.1) is 23.5 Å². The number of aliphatic hydroxyl groups is 1. The zero-order chi connectivity index (χ0) is 23.3. The number of carbonyl (C=O) groups is 3. The molecule has 9 atom stereocenters. The first-order valence-electron chi connectivity index (χ1n) is 12.3. The number of hydrogen-bond acceptors (Lipinski definition) is 6. The molecule has 0 aromatic rings. The summed E-state index contributed by atoms with van der Waals surface area (Å²) in [5, 5.41) is 14.2. The van der Waals surface area contributed by atoms with Gasteiger partial charge < -0.3 is 10.0 Å². The summed E-state index contributed by atoms with van der Waals surface area (Å²) in [6, 6.07) is 0. The minimum absolute atomic E-state index is 0.00943. The topological polar surface area (TPSA) is 74.7 Å². The highest BCUT2D eigenvalue weighted by molar-refractivity contribution is 8.19. The van der Waals surface area contributed by atoms with Gasteiger partial charge in [0.25, 0.3) is 5.91 Å². The van der Waals surface area contributed by atoms with Crippen LogP contribution in [0.1, 0.15) is 46.5 Å². The number of hydrogen-bond donors (Lipinski definition) is 1. The number of allylic oxidation sites excluding steroid dienone is 4. The van der Waals surface area contributed by atoms with Crippen molar-refractivity contribution in [2.75, 3.05) is 18.2 Å². The quantitative estimate of drug-likeness (QED) is 0.611. The van der Waals surface area contributed by atoms with E-state index in [9.17, 15) is 19.5 Å². The van der Waals surface area contributed by atoms with Crippen LogP contribution in [0.5, 0.6) is 0 Å². The molecule has 0 aromatic heterocycles. The SMILES string of the molecule is C[C@@H]1C[C@H]2[C@@H]3CCC4=CC(=O)C=C[C@]4(C)[C@H]3C(=O)C[C@]2(C)[C@@]1(O)C(=O)N1CC2SCS[C@@H]2C1. The summed E-state index contributed by atoms with van der Waals surface area (Å²) >= 11 is 3.84. The van der Waals surface area contributed by atoms with Crippen molar-refractivity contribution >= 4 is 41.0 Å². The lowest BCUT2D eigenvalue weighted by Gasteiger charge is -2.57. The van der Waals surface area contributed by atoms with Crippen molar-refractivity contribution in [1.82, 2.24) is 4.90 Å². The third-order valence-electron chi connectivity index (χ3n) is 10.2. The van der Waals surface area contributed by atoms with Crippen LogP contribution in [0.25, 0.3) is 0 Å². The molecule has 2 saturated heterocycles. The Kier molecular flexibility index (Phi) is 4.91. The van der Waals surface area contributed by atoms with Gasteiger partial charge in [0.05, 0.1) is 0 Å². The Bertz CT molecular complexity index is 996. The Morgan fingerprint density at radius 1 is 1.18 bits per heavy atom. The maximum Gasteiger partial charge on any atom is 0.255 e. The first kappa shape index (κ1) is 22.4. The van der Waals surface area contributed by atoms with E-state index in [-0.39, 0.29) is 47.6 Å². The summed E-state index contributed by atoms with van der Waals surface area (Å²) in [6.07, 6.45) is 7.96. The monoisotopic (exact) mass is 487 g/mol. The maximum absolute atomic E-state index is 14.0. The van der Waals surface area contributed by atoms with Crippen molar-refractivity contribution in [3.05, 3.63) is 23.8 Å². The van der Waals surface area contributed by atoms with E-state index in [1.54, 1.807) is 12.2 Å². The molecule has 1 N–H and O–H groups in total. The molecule has 2 aliphatic heterocycles. The average molecular weight is 488 g/mol. The van der Waals surface area contributed by atoms with Crippen molar-refractivity contribution in [2.45, 2.75) is 62.6 Å². The van der Waals surface area contributed by atoms with E-state index in [0.717, 1.165) is 29.9 Å². The predicted molar refractivity (Wildman–Crippen MR) is 131 cm³/mol. The minimum atomic E-state index is -1.50. The molecule has 0 aromatic carbocycles. The van der Waals surface area contributed by atoms with Crippen LogP contribution < -0.4 is 0 Å². The molecular weight excluding hydrogens is 454 g/mol. The van der Waals surface area contributed by atoms with Crippen LogP contribution in [-0.4, -0.2) is 61.8 Å². The van der Waals surface area contributed by atoms with Crippen LogP contribution >= 0.6 is 23.5 Å². The second-order valence-corrected chi connectivity index (χ2v) is 14.5. The highest BCUT2D eigenvalue weighted by Crippen LogP contribution is 2.67. The van der Waals surface area contributed by atoms with Gasteiger partial charge in [-0.2, -0.15) is 0 Å². The molecule has 0 radical (unpaired) electrons. The number of rotatable bonds is 1. The normalized spacial score (nSPS) is 50.5. The summed E-state index contributed by atoms with van der Waals surface area (Å²) in [6.45, 7) is 7.55. The summed E-state index contributed by atoms with van der Waals surface area (Å²) in [4.78, 5) is 41.7. The Hall–Kier alpha value is -1.05. The Morgan fingerprint density at radius 2 is 1.88 bits per heavy atom. The van der Waals surface area contributed by atoms with Crippen molar-refractivity contribution in [3.63, 3.8) is 0 Å². The summed E-state index contributed by atoms with van der Waals surface area (Å²) in [5.41, 5.74) is -1.60. The van der Waals surface area contributed by atoms with Gasteiger partial charge in [0.2, 0.25) is 0 Å². The van der Waals surface area contributed by atoms with E-state index >= 15 is 0 Å². The number of amides is 1. The molecule has 4 aliphatic carbocycles. The molecule has 1 unspecified atom stereocenters.